The van der Waals surface area contributed by atoms with Gasteiger partial charge in [-0.25, -0.2) is 4.68 Å². The summed E-state index contributed by atoms with van der Waals surface area (Å²) >= 11 is 0. The number of aromatic nitrogens is 6. The van der Waals surface area contributed by atoms with Crippen molar-refractivity contribution >= 4 is 17.0 Å². The quantitative estimate of drug-likeness (QED) is 0.504. The van der Waals surface area contributed by atoms with E-state index in [4.69, 9.17) is 5.73 Å². The van der Waals surface area contributed by atoms with E-state index in [9.17, 15) is 0 Å². The van der Waals surface area contributed by atoms with Crippen molar-refractivity contribution in [3.05, 3.63) is 0 Å². The Morgan fingerprint density at radius 3 is 2.82 bits per heavy atom. The molecule has 56 valence electrons. The van der Waals surface area contributed by atoms with E-state index in [1.54, 1.807) is 7.05 Å². The summed E-state index contributed by atoms with van der Waals surface area (Å²) in [6, 6.07) is 0. The Morgan fingerprint density at radius 1 is 1.27 bits per heavy atom. The molecule has 0 unspecified atom stereocenters. The average molecular weight is 151 g/mol. The smallest absolute Gasteiger partial charge is 0.206 e. The molecule has 0 aliphatic rings. The monoisotopic (exact) mass is 151 g/mol. The third kappa shape index (κ3) is 0.704. The molecular formula is C4H5N7. The molecule has 0 aliphatic carbocycles. The molecular weight excluding hydrogens is 146 g/mol. The van der Waals surface area contributed by atoms with Gasteiger partial charge in [0.2, 0.25) is 5.65 Å². The lowest BCUT2D eigenvalue weighted by Crippen LogP contribution is -1.98. The van der Waals surface area contributed by atoms with E-state index >= 15 is 0 Å². The zero-order valence-electron chi connectivity index (χ0n) is 5.76. The van der Waals surface area contributed by atoms with Crippen LogP contribution in [0.1, 0.15) is 0 Å². The van der Waals surface area contributed by atoms with Crippen LogP contribution < -0.4 is 5.73 Å². The van der Waals surface area contributed by atoms with Gasteiger partial charge in [0.1, 0.15) is 0 Å². The van der Waals surface area contributed by atoms with Gasteiger partial charge >= 0.3 is 0 Å². The highest BCUT2D eigenvalue weighted by atomic mass is 15.5. The Morgan fingerprint density at radius 2 is 2.09 bits per heavy atom. The molecule has 2 aromatic rings. The maximum absolute atomic E-state index is 5.44. The third-order valence-corrected chi connectivity index (χ3v) is 1.33. The number of hydrogen-bond acceptors (Lipinski definition) is 6. The van der Waals surface area contributed by atoms with Crippen molar-refractivity contribution in [3.63, 3.8) is 0 Å². The van der Waals surface area contributed by atoms with Crippen LogP contribution in [0.25, 0.3) is 11.2 Å². The van der Waals surface area contributed by atoms with Crippen LogP contribution in [0.15, 0.2) is 0 Å². The van der Waals surface area contributed by atoms with Gasteiger partial charge < -0.3 is 5.73 Å². The van der Waals surface area contributed by atoms with E-state index in [-0.39, 0.29) is 5.82 Å². The van der Waals surface area contributed by atoms with Gasteiger partial charge in [-0.1, -0.05) is 5.21 Å². The van der Waals surface area contributed by atoms with E-state index < -0.39 is 0 Å². The summed E-state index contributed by atoms with van der Waals surface area (Å²) in [7, 11) is 1.71. The van der Waals surface area contributed by atoms with Crippen molar-refractivity contribution in [3.8, 4) is 0 Å². The molecule has 7 heteroatoms. The van der Waals surface area contributed by atoms with Crippen molar-refractivity contribution in [1.29, 1.82) is 0 Å². The molecule has 0 saturated heterocycles. The summed E-state index contributed by atoms with van der Waals surface area (Å²) in [4.78, 5) is 0. The molecule has 2 aromatic heterocycles. The topological polar surface area (TPSA) is 95.4 Å². The number of aryl methyl sites for hydroxylation is 1. The highest BCUT2D eigenvalue weighted by Gasteiger charge is 2.06. The second-order valence-corrected chi connectivity index (χ2v) is 2.06. The van der Waals surface area contributed by atoms with Crippen LogP contribution in [0.3, 0.4) is 0 Å². The molecule has 2 N–H and O–H groups in total. The first-order chi connectivity index (χ1) is 5.29. The number of nitrogen functional groups attached to an aromatic ring is 1. The second kappa shape index (κ2) is 1.84. The summed E-state index contributed by atoms with van der Waals surface area (Å²) in [6.07, 6.45) is 0. The van der Waals surface area contributed by atoms with Gasteiger partial charge in [0, 0.05) is 7.05 Å². The first-order valence-corrected chi connectivity index (χ1v) is 2.93. The molecule has 0 bridgehead atoms. The lowest BCUT2D eigenvalue weighted by Gasteiger charge is -1.89. The number of nitrogens with two attached hydrogens (primary N) is 1. The predicted molar refractivity (Wildman–Crippen MR) is 36.3 cm³/mol. The summed E-state index contributed by atoms with van der Waals surface area (Å²) in [5.74, 6) is 0.253. The standard InChI is InChI=1S/C4H5N7/c1-11-4-2(6-10-11)3(5)7-9-8-4/h1H3,(H2,5,7,8). The fourth-order valence-corrected chi connectivity index (χ4v) is 0.790. The summed E-state index contributed by atoms with van der Waals surface area (Å²) in [6.45, 7) is 0. The van der Waals surface area contributed by atoms with Gasteiger partial charge in [0.15, 0.2) is 11.3 Å². The molecule has 0 aromatic carbocycles. The number of rotatable bonds is 0. The Bertz CT molecular complexity index is 390. The maximum Gasteiger partial charge on any atom is 0.206 e. The van der Waals surface area contributed by atoms with Crippen molar-refractivity contribution in [1.82, 2.24) is 30.4 Å². The molecule has 11 heavy (non-hydrogen) atoms. The Labute approximate surface area is 61.2 Å². The Kier molecular flexibility index (Phi) is 0.999. The molecule has 0 fully saturated rings. The minimum atomic E-state index is 0.253. The summed E-state index contributed by atoms with van der Waals surface area (Å²) in [5, 5.41) is 18.1. The first-order valence-electron chi connectivity index (χ1n) is 2.93. The maximum atomic E-state index is 5.44. The number of hydrogen-bond donors (Lipinski definition) is 1. The lowest BCUT2D eigenvalue weighted by molar-refractivity contribution is 0.722. The molecule has 2 heterocycles. The highest BCUT2D eigenvalue weighted by Crippen LogP contribution is 2.08. The molecule has 7 nitrogen and oxygen atoms in total. The van der Waals surface area contributed by atoms with Crippen LogP contribution in [0.4, 0.5) is 5.82 Å². The first kappa shape index (κ1) is 5.96. The molecule has 0 atom stereocenters. The van der Waals surface area contributed by atoms with Crippen molar-refractivity contribution in [2.24, 2.45) is 7.05 Å². The van der Waals surface area contributed by atoms with Crippen LogP contribution in [-0.2, 0) is 7.05 Å². The highest BCUT2D eigenvalue weighted by molar-refractivity contribution is 5.79. The van der Waals surface area contributed by atoms with Crippen LogP contribution in [-0.4, -0.2) is 30.4 Å². The van der Waals surface area contributed by atoms with Crippen LogP contribution >= 0.6 is 0 Å². The van der Waals surface area contributed by atoms with Crippen molar-refractivity contribution in [2.45, 2.75) is 0 Å². The average Bonchev–Trinajstić information content (AvgIpc) is 2.35. The fourth-order valence-electron chi connectivity index (χ4n) is 0.790. The van der Waals surface area contributed by atoms with E-state index in [1.807, 2.05) is 0 Å². The normalized spacial score (nSPS) is 10.6. The van der Waals surface area contributed by atoms with Crippen molar-refractivity contribution in [2.75, 3.05) is 5.73 Å². The summed E-state index contributed by atoms with van der Waals surface area (Å²) in [5.41, 5.74) is 6.47. The predicted octanol–water partition coefficient (Wildman–Crippen LogP) is -1.26. The van der Waals surface area contributed by atoms with Crippen molar-refractivity contribution < 1.29 is 0 Å². The summed E-state index contributed by atoms with van der Waals surface area (Å²) < 4.78 is 1.49. The molecule has 0 spiro atoms. The lowest BCUT2D eigenvalue weighted by atomic mass is 10.5. The molecule has 0 saturated carbocycles. The van der Waals surface area contributed by atoms with Gasteiger partial charge in [-0.2, -0.15) is 0 Å². The molecule has 0 aliphatic heterocycles. The van der Waals surface area contributed by atoms with E-state index in [2.05, 4.69) is 25.7 Å². The van der Waals surface area contributed by atoms with E-state index in [0.717, 1.165) is 0 Å². The Balaban J connectivity index is 2.94. The number of fused-ring (bicyclic) bond motifs is 1. The van der Waals surface area contributed by atoms with Gasteiger partial charge in [-0.05, 0) is 5.21 Å². The van der Waals surface area contributed by atoms with Crippen LogP contribution in [0.5, 0.6) is 0 Å². The second-order valence-electron chi connectivity index (χ2n) is 2.06. The molecule has 0 amide bonds. The fraction of sp³-hybridized carbons (Fsp3) is 0.250. The van der Waals surface area contributed by atoms with E-state index in [0.29, 0.717) is 11.2 Å². The van der Waals surface area contributed by atoms with Gasteiger partial charge in [-0.3, -0.25) is 0 Å². The minimum Gasteiger partial charge on any atom is -0.380 e. The third-order valence-electron chi connectivity index (χ3n) is 1.33. The SMILES string of the molecule is Cn1nnc2c(N)nnnc21. The zero-order chi connectivity index (χ0) is 7.84. The number of nitrogens with zero attached hydrogens (tertiary/aromatic N) is 6. The minimum absolute atomic E-state index is 0.253. The largest absolute Gasteiger partial charge is 0.380 e. The van der Waals surface area contributed by atoms with Crippen LogP contribution in [0.2, 0.25) is 0 Å². The number of anilines is 1. The molecule has 2 rings (SSSR count). The zero-order valence-corrected chi connectivity index (χ0v) is 5.76. The van der Waals surface area contributed by atoms with Crippen LogP contribution in [0, 0.1) is 0 Å². The van der Waals surface area contributed by atoms with Gasteiger partial charge in [-0.15, -0.1) is 15.3 Å². The van der Waals surface area contributed by atoms with Gasteiger partial charge in [0.25, 0.3) is 0 Å². The van der Waals surface area contributed by atoms with E-state index in [1.165, 1.54) is 4.68 Å². The Hall–Kier alpha value is -1.79. The molecule has 0 radical (unpaired) electrons. The van der Waals surface area contributed by atoms with Gasteiger partial charge in [0.05, 0.1) is 0 Å².